The summed E-state index contributed by atoms with van der Waals surface area (Å²) in [5.41, 5.74) is 0. The summed E-state index contributed by atoms with van der Waals surface area (Å²) in [6.07, 6.45) is 31.0. The molecule has 260 valence electrons. The lowest BCUT2D eigenvalue weighted by Gasteiger charge is -2.37. The summed E-state index contributed by atoms with van der Waals surface area (Å²) < 4.78 is 6.62. The van der Waals surface area contributed by atoms with Gasteiger partial charge in [0, 0.05) is 19.4 Å². The highest BCUT2D eigenvalue weighted by Gasteiger charge is 2.34. The summed E-state index contributed by atoms with van der Waals surface area (Å²) in [5, 5.41) is 3.09. The number of likely N-dealkylation sites (N-methyl/N-ethyl adjacent to an activating group) is 1. The normalized spacial score (nSPS) is 18.9. The molecule has 5 heteroatoms. The van der Waals surface area contributed by atoms with Gasteiger partial charge >= 0.3 is 5.97 Å². The Morgan fingerprint density at radius 1 is 0.727 bits per heavy atom. The highest BCUT2D eigenvalue weighted by atomic mass is 16.5. The summed E-state index contributed by atoms with van der Waals surface area (Å²) >= 11 is 0. The summed E-state index contributed by atoms with van der Waals surface area (Å²) in [4.78, 5) is 25.1. The standard InChI is InChI=1S/C39H76N2O3/c1-7-8-9-10-11-12-13-14-15-16-17-18-19-20-21-22-23-24-25-27-38(42)40-30-26-31-41(5,6)33-39(43)44-37-32-35(4)28-29-36(37)34(2)3/h34-37H,7-33H2,1-6H3/p+1. The predicted octanol–water partition coefficient (Wildman–Crippen LogP) is 10.4. The second-order valence-electron chi connectivity index (χ2n) is 15.5. The van der Waals surface area contributed by atoms with Crippen molar-refractivity contribution in [2.75, 3.05) is 33.7 Å². The number of amides is 1. The fourth-order valence-corrected chi connectivity index (χ4v) is 7.07. The van der Waals surface area contributed by atoms with Crippen molar-refractivity contribution >= 4 is 11.9 Å². The van der Waals surface area contributed by atoms with Gasteiger partial charge in [-0.25, -0.2) is 4.79 Å². The van der Waals surface area contributed by atoms with E-state index in [1.54, 1.807) is 0 Å². The fraction of sp³-hybridized carbons (Fsp3) is 0.949. The molecule has 3 unspecified atom stereocenters. The van der Waals surface area contributed by atoms with Gasteiger partial charge in [0.05, 0.1) is 20.6 Å². The summed E-state index contributed by atoms with van der Waals surface area (Å²) in [7, 11) is 4.18. The van der Waals surface area contributed by atoms with E-state index in [2.05, 4.69) is 47.1 Å². The minimum atomic E-state index is -0.0758. The van der Waals surface area contributed by atoms with E-state index < -0.39 is 0 Å². The van der Waals surface area contributed by atoms with E-state index in [1.165, 1.54) is 116 Å². The zero-order chi connectivity index (χ0) is 32.5. The molecule has 1 N–H and O–H groups in total. The van der Waals surface area contributed by atoms with Gasteiger partial charge in [0.1, 0.15) is 6.10 Å². The number of unbranched alkanes of at least 4 members (excludes halogenated alkanes) is 18. The lowest BCUT2D eigenvalue weighted by atomic mass is 9.75. The van der Waals surface area contributed by atoms with Gasteiger partial charge < -0.3 is 14.5 Å². The van der Waals surface area contributed by atoms with Crippen LogP contribution < -0.4 is 5.32 Å². The number of nitrogens with zero attached hydrogens (tertiary/aromatic N) is 1. The first-order chi connectivity index (χ1) is 21.1. The molecule has 0 aromatic rings. The highest BCUT2D eigenvalue weighted by molar-refractivity contribution is 5.75. The molecular weight excluding hydrogens is 544 g/mol. The Labute approximate surface area is 275 Å². The van der Waals surface area contributed by atoms with Gasteiger partial charge in [0.25, 0.3) is 0 Å². The fourth-order valence-electron chi connectivity index (χ4n) is 7.07. The van der Waals surface area contributed by atoms with Crippen LogP contribution in [-0.2, 0) is 14.3 Å². The Kier molecular flexibility index (Phi) is 24.2. The Balaban J connectivity index is 1.93. The molecule has 0 heterocycles. The average molecular weight is 622 g/mol. The molecule has 0 spiro atoms. The molecule has 0 saturated heterocycles. The molecule has 44 heavy (non-hydrogen) atoms. The van der Waals surface area contributed by atoms with E-state index in [0.29, 0.717) is 41.7 Å². The molecule has 1 amide bonds. The number of nitrogens with one attached hydrogen (secondary N) is 1. The largest absolute Gasteiger partial charge is 0.458 e. The Bertz CT molecular complexity index is 707. The van der Waals surface area contributed by atoms with Crippen molar-refractivity contribution in [3.63, 3.8) is 0 Å². The number of hydrogen-bond acceptors (Lipinski definition) is 3. The van der Waals surface area contributed by atoms with Gasteiger partial charge in [-0.1, -0.05) is 150 Å². The van der Waals surface area contributed by atoms with Crippen LogP contribution >= 0.6 is 0 Å². The lowest BCUT2D eigenvalue weighted by Crippen LogP contribution is -2.47. The number of carbonyl (C=O) groups is 2. The van der Waals surface area contributed by atoms with E-state index in [4.69, 9.17) is 4.74 Å². The van der Waals surface area contributed by atoms with E-state index in [0.717, 1.165) is 38.6 Å². The maximum absolute atomic E-state index is 12.8. The van der Waals surface area contributed by atoms with Gasteiger partial charge in [0.15, 0.2) is 6.54 Å². The van der Waals surface area contributed by atoms with Gasteiger partial charge in [-0.3, -0.25) is 4.79 Å². The number of quaternary nitrogens is 1. The smallest absolute Gasteiger partial charge is 0.362 e. The average Bonchev–Trinajstić information content (AvgIpc) is 2.96. The third kappa shape index (κ3) is 22.4. The topological polar surface area (TPSA) is 55.4 Å². The first kappa shape index (κ1) is 40.9. The van der Waals surface area contributed by atoms with Crippen molar-refractivity contribution in [2.24, 2.45) is 17.8 Å². The van der Waals surface area contributed by atoms with E-state index in [1.807, 2.05) is 0 Å². The molecule has 0 aromatic heterocycles. The molecule has 1 aliphatic rings. The van der Waals surface area contributed by atoms with Crippen molar-refractivity contribution in [1.29, 1.82) is 0 Å². The van der Waals surface area contributed by atoms with Crippen LogP contribution in [0.5, 0.6) is 0 Å². The Morgan fingerprint density at radius 3 is 1.68 bits per heavy atom. The van der Waals surface area contributed by atoms with Crippen molar-refractivity contribution in [3.8, 4) is 0 Å². The Hall–Kier alpha value is -1.10. The number of hydrogen-bond donors (Lipinski definition) is 1. The van der Waals surface area contributed by atoms with Crippen molar-refractivity contribution in [1.82, 2.24) is 5.32 Å². The zero-order valence-electron chi connectivity index (χ0n) is 30.6. The SMILES string of the molecule is CCCCCCCCCCCCCCCCCCCCCC(=O)NCCC[N+](C)(C)CC(=O)OC1CC(C)CCC1C(C)C. The summed E-state index contributed by atoms with van der Waals surface area (Å²) in [5.74, 6) is 1.76. The quantitative estimate of drug-likeness (QED) is 0.0537. The molecule has 0 radical (unpaired) electrons. The van der Waals surface area contributed by atoms with Gasteiger partial charge in [0.2, 0.25) is 5.91 Å². The molecule has 1 fully saturated rings. The second kappa shape index (κ2) is 26.0. The maximum Gasteiger partial charge on any atom is 0.362 e. The molecule has 0 bridgehead atoms. The van der Waals surface area contributed by atoms with Crippen molar-refractivity contribution in [3.05, 3.63) is 0 Å². The third-order valence-electron chi connectivity index (χ3n) is 10.1. The van der Waals surface area contributed by atoms with Crippen LogP contribution in [0, 0.1) is 17.8 Å². The van der Waals surface area contributed by atoms with Crippen LogP contribution in [0.15, 0.2) is 0 Å². The van der Waals surface area contributed by atoms with Gasteiger partial charge in [-0.05, 0) is 37.0 Å². The predicted molar refractivity (Wildman–Crippen MR) is 189 cm³/mol. The first-order valence-electron chi connectivity index (χ1n) is 19.4. The van der Waals surface area contributed by atoms with Gasteiger partial charge in [-0.2, -0.15) is 0 Å². The molecule has 1 rings (SSSR count). The zero-order valence-corrected chi connectivity index (χ0v) is 30.6. The summed E-state index contributed by atoms with van der Waals surface area (Å²) in [6.45, 7) is 11.0. The minimum Gasteiger partial charge on any atom is -0.458 e. The number of rotatable bonds is 28. The molecular formula is C39H77N2O3+. The van der Waals surface area contributed by atoms with E-state index in [9.17, 15) is 9.59 Å². The van der Waals surface area contributed by atoms with Gasteiger partial charge in [-0.15, -0.1) is 0 Å². The molecule has 0 aromatic carbocycles. The first-order valence-corrected chi connectivity index (χ1v) is 19.4. The molecule has 1 saturated carbocycles. The molecule has 0 aliphatic heterocycles. The van der Waals surface area contributed by atoms with Crippen LogP contribution in [0.1, 0.15) is 182 Å². The van der Waals surface area contributed by atoms with Crippen LogP contribution in [0.25, 0.3) is 0 Å². The molecule has 3 atom stereocenters. The third-order valence-corrected chi connectivity index (χ3v) is 10.1. The highest BCUT2D eigenvalue weighted by Crippen LogP contribution is 2.35. The molecule has 5 nitrogen and oxygen atoms in total. The van der Waals surface area contributed by atoms with E-state index in [-0.39, 0.29) is 18.0 Å². The van der Waals surface area contributed by atoms with Crippen molar-refractivity contribution in [2.45, 2.75) is 188 Å². The van der Waals surface area contributed by atoms with E-state index >= 15 is 0 Å². The lowest BCUT2D eigenvalue weighted by molar-refractivity contribution is -0.883. The number of ether oxygens (including phenoxy) is 1. The molecule has 1 aliphatic carbocycles. The van der Waals surface area contributed by atoms with Crippen LogP contribution in [0.2, 0.25) is 0 Å². The summed E-state index contributed by atoms with van der Waals surface area (Å²) in [6, 6.07) is 0. The minimum absolute atomic E-state index is 0.0644. The van der Waals surface area contributed by atoms with Crippen LogP contribution in [0.4, 0.5) is 0 Å². The second-order valence-corrected chi connectivity index (χ2v) is 15.5. The monoisotopic (exact) mass is 622 g/mol. The van der Waals surface area contributed by atoms with Crippen LogP contribution in [0.3, 0.4) is 0 Å². The maximum atomic E-state index is 12.8. The van der Waals surface area contributed by atoms with Crippen molar-refractivity contribution < 1.29 is 18.8 Å². The van der Waals surface area contributed by atoms with Crippen LogP contribution in [-0.4, -0.2) is 56.2 Å². The Morgan fingerprint density at radius 2 is 1.20 bits per heavy atom. The number of carbonyl (C=O) groups excluding carboxylic acids is 2. The number of esters is 1.